The SMILES string of the molecule is COc1cc2c(cc3[n+](C)c4c(cc(OC)c5cc6c(cc54)OCO6)c1-3)OCO2. The average molecular weight is 392 g/mol. The highest BCUT2D eigenvalue weighted by atomic mass is 16.7. The minimum Gasteiger partial charge on any atom is -0.496 e. The van der Waals surface area contributed by atoms with E-state index in [1.54, 1.807) is 14.2 Å². The molecule has 0 atom stereocenters. The summed E-state index contributed by atoms with van der Waals surface area (Å²) >= 11 is 0. The molecule has 0 aromatic heterocycles. The van der Waals surface area contributed by atoms with E-state index >= 15 is 0 Å². The van der Waals surface area contributed by atoms with Gasteiger partial charge in [-0.05, 0) is 18.2 Å². The van der Waals surface area contributed by atoms with Gasteiger partial charge < -0.3 is 28.4 Å². The predicted octanol–water partition coefficient (Wildman–Crippen LogP) is 3.40. The predicted molar refractivity (Wildman–Crippen MR) is 105 cm³/mol. The average Bonchev–Trinajstić information content (AvgIpc) is 3.41. The van der Waals surface area contributed by atoms with Crippen LogP contribution in [0.3, 0.4) is 0 Å². The molecule has 0 radical (unpaired) electrons. The Kier molecular flexibility index (Phi) is 3.21. The third-order valence-electron chi connectivity index (χ3n) is 5.67. The van der Waals surface area contributed by atoms with E-state index in [1.165, 1.54) is 0 Å². The number of rotatable bonds is 2. The smallest absolute Gasteiger partial charge is 0.231 e. The van der Waals surface area contributed by atoms with E-state index < -0.39 is 0 Å². The summed E-state index contributed by atoms with van der Waals surface area (Å²) in [5.41, 5.74) is 2.98. The molecule has 2 aromatic rings. The van der Waals surface area contributed by atoms with Crippen LogP contribution < -0.4 is 33.0 Å². The van der Waals surface area contributed by atoms with Gasteiger partial charge in [-0.2, -0.15) is 4.57 Å². The first-order chi connectivity index (χ1) is 14.2. The summed E-state index contributed by atoms with van der Waals surface area (Å²) in [5, 5.41) is 2.99. The molecule has 0 saturated carbocycles. The molecule has 3 aliphatic heterocycles. The van der Waals surface area contributed by atoms with Crippen molar-refractivity contribution in [2.45, 2.75) is 0 Å². The van der Waals surface area contributed by atoms with Gasteiger partial charge in [0, 0.05) is 11.5 Å². The molecule has 0 spiro atoms. The second kappa shape index (κ2) is 5.70. The fraction of sp³-hybridized carbons (Fsp3) is 0.227. The Morgan fingerprint density at radius 1 is 0.690 bits per heavy atom. The normalized spacial score (nSPS) is 14.2. The monoisotopic (exact) mass is 392 g/mol. The number of nitrogens with zero attached hydrogens (tertiary/aromatic N) is 1. The number of hydrogen-bond acceptors (Lipinski definition) is 6. The highest BCUT2D eigenvalue weighted by Crippen LogP contribution is 2.48. The molecule has 3 heterocycles. The molecule has 0 N–H and O–H groups in total. The van der Waals surface area contributed by atoms with Gasteiger partial charge in [0.25, 0.3) is 0 Å². The first-order valence-electron chi connectivity index (χ1n) is 9.23. The van der Waals surface area contributed by atoms with Crippen molar-refractivity contribution >= 4 is 21.7 Å². The Morgan fingerprint density at radius 2 is 1.28 bits per heavy atom. The molecule has 146 valence electrons. The summed E-state index contributed by atoms with van der Waals surface area (Å²) < 4.78 is 36.1. The van der Waals surface area contributed by atoms with Crippen LogP contribution in [0, 0.1) is 0 Å². The lowest BCUT2D eigenvalue weighted by Crippen LogP contribution is -2.28. The van der Waals surface area contributed by atoms with Crippen LogP contribution >= 0.6 is 0 Å². The second-order valence-electron chi connectivity index (χ2n) is 7.04. The number of methoxy groups -OCH3 is 2. The lowest BCUT2D eigenvalue weighted by Gasteiger charge is -2.07. The highest BCUT2D eigenvalue weighted by Gasteiger charge is 2.33. The first kappa shape index (κ1) is 16.4. The molecular weight excluding hydrogens is 374 g/mol. The summed E-state index contributed by atoms with van der Waals surface area (Å²) in [5.74, 6) is 4.28. The van der Waals surface area contributed by atoms with Gasteiger partial charge >= 0.3 is 0 Å². The van der Waals surface area contributed by atoms with E-state index in [9.17, 15) is 0 Å². The molecule has 4 aliphatic rings. The van der Waals surface area contributed by atoms with Crippen LogP contribution in [-0.2, 0) is 7.05 Å². The van der Waals surface area contributed by atoms with Gasteiger partial charge in [-0.15, -0.1) is 0 Å². The van der Waals surface area contributed by atoms with Crippen LogP contribution in [0.25, 0.3) is 32.9 Å². The molecule has 7 nitrogen and oxygen atoms in total. The number of aryl methyl sites for hydroxylation is 1. The zero-order valence-electron chi connectivity index (χ0n) is 16.2. The second-order valence-corrected chi connectivity index (χ2v) is 7.04. The number of fused-ring (bicyclic) bond motifs is 7. The minimum absolute atomic E-state index is 0.203. The number of hydrogen-bond donors (Lipinski definition) is 0. The van der Waals surface area contributed by atoms with Crippen LogP contribution in [0.4, 0.5) is 0 Å². The van der Waals surface area contributed by atoms with Crippen molar-refractivity contribution in [1.29, 1.82) is 0 Å². The van der Waals surface area contributed by atoms with Crippen molar-refractivity contribution in [2.75, 3.05) is 27.8 Å². The van der Waals surface area contributed by atoms with E-state index in [0.29, 0.717) is 17.2 Å². The van der Waals surface area contributed by atoms with Gasteiger partial charge in [-0.3, -0.25) is 0 Å². The number of benzene rings is 2. The maximum absolute atomic E-state index is 5.76. The Labute approximate surface area is 166 Å². The van der Waals surface area contributed by atoms with Crippen LogP contribution in [0.1, 0.15) is 0 Å². The summed E-state index contributed by atoms with van der Waals surface area (Å²) in [4.78, 5) is 0. The first-order valence-corrected chi connectivity index (χ1v) is 9.23. The molecule has 0 fully saturated rings. The maximum Gasteiger partial charge on any atom is 0.231 e. The van der Waals surface area contributed by atoms with Crippen LogP contribution in [0.5, 0.6) is 34.5 Å². The molecular formula is C22H18NO6+. The van der Waals surface area contributed by atoms with Crippen LogP contribution in [0.15, 0.2) is 30.3 Å². The summed E-state index contributed by atoms with van der Waals surface area (Å²) in [6, 6.07) is 9.89. The Hall–Kier alpha value is -3.61. The Bertz CT molecular complexity index is 1300. The van der Waals surface area contributed by atoms with E-state index in [4.69, 9.17) is 28.4 Å². The van der Waals surface area contributed by atoms with Crippen LogP contribution in [0.2, 0.25) is 0 Å². The van der Waals surface area contributed by atoms with Crippen molar-refractivity contribution in [1.82, 2.24) is 0 Å². The quantitative estimate of drug-likeness (QED) is 0.488. The van der Waals surface area contributed by atoms with Gasteiger partial charge in [0.2, 0.25) is 24.8 Å². The molecule has 0 unspecified atom stereocenters. The minimum atomic E-state index is 0.203. The summed E-state index contributed by atoms with van der Waals surface area (Å²) in [6.07, 6.45) is 0. The van der Waals surface area contributed by atoms with Gasteiger partial charge in [-0.25, -0.2) is 0 Å². The van der Waals surface area contributed by atoms with E-state index in [1.807, 2.05) is 37.4 Å². The third-order valence-corrected chi connectivity index (χ3v) is 5.67. The molecule has 2 aromatic carbocycles. The Balaban J connectivity index is 1.83. The zero-order valence-corrected chi connectivity index (χ0v) is 16.2. The van der Waals surface area contributed by atoms with Crippen molar-refractivity contribution < 1.29 is 33.0 Å². The fourth-order valence-electron chi connectivity index (χ4n) is 4.34. The largest absolute Gasteiger partial charge is 0.496 e. The van der Waals surface area contributed by atoms with Crippen molar-refractivity contribution in [3.63, 3.8) is 0 Å². The molecule has 0 bridgehead atoms. The lowest BCUT2D eigenvalue weighted by molar-refractivity contribution is -0.630. The summed E-state index contributed by atoms with van der Waals surface area (Å²) in [6.45, 7) is 0.424. The highest BCUT2D eigenvalue weighted by molar-refractivity contribution is 6.13. The molecule has 1 aliphatic carbocycles. The molecule has 7 heteroatoms. The standard InChI is InChI=1S/C22H18NO6/c1-23-14-7-18-19(29-10-28-18)8-20(25-3)21(14)13-6-15(24-2)11-4-16-17(27-9-26-16)5-12(11)22(13)23/h4-8H,9-10H2,1-3H3/q+1. The van der Waals surface area contributed by atoms with E-state index in [-0.39, 0.29) is 13.6 Å². The third kappa shape index (κ3) is 2.10. The molecule has 29 heavy (non-hydrogen) atoms. The van der Waals surface area contributed by atoms with Gasteiger partial charge in [-0.1, -0.05) is 0 Å². The Morgan fingerprint density at radius 3 is 1.93 bits per heavy atom. The molecule has 0 saturated heterocycles. The van der Waals surface area contributed by atoms with Gasteiger partial charge in [0.05, 0.1) is 31.1 Å². The summed E-state index contributed by atoms with van der Waals surface area (Å²) in [7, 11) is 5.36. The zero-order chi connectivity index (χ0) is 19.7. The van der Waals surface area contributed by atoms with Gasteiger partial charge in [0.15, 0.2) is 23.0 Å². The fourth-order valence-corrected chi connectivity index (χ4v) is 4.34. The van der Waals surface area contributed by atoms with Crippen molar-refractivity contribution in [2.24, 2.45) is 7.05 Å². The maximum atomic E-state index is 5.76. The number of aromatic nitrogens is 1. The van der Waals surface area contributed by atoms with E-state index in [2.05, 4.69) is 4.57 Å². The van der Waals surface area contributed by atoms with Crippen molar-refractivity contribution in [3.8, 4) is 45.8 Å². The lowest BCUT2D eigenvalue weighted by atomic mass is 10.0. The van der Waals surface area contributed by atoms with Crippen molar-refractivity contribution in [3.05, 3.63) is 30.3 Å². The van der Waals surface area contributed by atoms with E-state index in [0.717, 1.165) is 50.2 Å². The number of ether oxygens (including phenoxy) is 6. The van der Waals surface area contributed by atoms with Crippen LogP contribution in [-0.4, -0.2) is 27.8 Å². The van der Waals surface area contributed by atoms with Gasteiger partial charge in [0.1, 0.15) is 24.1 Å². The molecule has 6 rings (SSSR count). The topological polar surface area (TPSA) is 59.3 Å². The molecule has 0 amide bonds.